The summed E-state index contributed by atoms with van der Waals surface area (Å²) < 4.78 is 5.22. The van der Waals surface area contributed by atoms with E-state index in [2.05, 4.69) is 6.92 Å². The van der Waals surface area contributed by atoms with Gasteiger partial charge in [0.1, 0.15) is 6.10 Å². The van der Waals surface area contributed by atoms with Gasteiger partial charge < -0.3 is 4.74 Å². The van der Waals surface area contributed by atoms with Gasteiger partial charge in [-0.05, 0) is 31.6 Å². The highest BCUT2D eigenvalue weighted by molar-refractivity contribution is 5.66. The molecule has 2 heteroatoms. The van der Waals surface area contributed by atoms with Gasteiger partial charge in [0.15, 0.2) is 0 Å². The summed E-state index contributed by atoms with van der Waals surface area (Å²) in [6.07, 6.45) is 7.31. The number of esters is 1. The van der Waals surface area contributed by atoms with Crippen molar-refractivity contribution in [3.8, 4) is 0 Å². The second-order valence-corrected chi connectivity index (χ2v) is 4.20. The lowest BCUT2D eigenvalue weighted by Crippen LogP contribution is -2.18. The molecule has 0 spiro atoms. The molecule has 0 N–H and O–H groups in total. The zero-order chi connectivity index (χ0) is 9.68. The lowest BCUT2D eigenvalue weighted by Gasteiger charge is -2.22. The number of carbonyl (C=O) groups excluding carboxylic acids is 1. The Morgan fingerprint density at radius 3 is 2.15 bits per heavy atom. The Labute approximate surface area is 80.7 Å². The normalized spacial score (nSPS) is 30.3. The molecule has 0 bridgehead atoms. The molecule has 0 unspecified atom stereocenters. The Kier molecular flexibility index (Phi) is 4.26. The minimum Gasteiger partial charge on any atom is -0.463 e. The molecule has 0 amide bonds. The predicted octanol–water partition coefficient (Wildman–Crippen LogP) is 2.91. The first-order chi connectivity index (χ1) is 6.18. The van der Waals surface area contributed by atoms with Crippen molar-refractivity contribution in [1.82, 2.24) is 0 Å². The summed E-state index contributed by atoms with van der Waals surface area (Å²) in [4.78, 5) is 10.8. The van der Waals surface area contributed by atoms with Crippen molar-refractivity contribution < 1.29 is 9.53 Å². The lowest BCUT2D eigenvalue weighted by molar-refractivity contribution is -0.147. The molecule has 0 radical (unpaired) electrons. The first-order valence-electron chi connectivity index (χ1n) is 5.35. The standard InChI is InChI=1S/C11H20O2/c1-9-5-3-7-11(8-4-6-9)13-10(2)12/h9,11H,3-8H2,1-2H3. The zero-order valence-electron chi connectivity index (χ0n) is 8.71. The van der Waals surface area contributed by atoms with E-state index in [0.29, 0.717) is 0 Å². The van der Waals surface area contributed by atoms with Crippen LogP contribution in [0.5, 0.6) is 0 Å². The average Bonchev–Trinajstić information content (AvgIpc) is 1.99. The molecule has 0 heterocycles. The third kappa shape index (κ3) is 4.30. The Hall–Kier alpha value is -0.530. The molecule has 1 aliphatic carbocycles. The smallest absolute Gasteiger partial charge is 0.302 e. The number of carbonyl (C=O) groups is 1. The maximum absolute atomic E-state index is 10.8. The van der Waals surface area contributed by atoms with E-state index in [0.717, 1.165) is 18.8 Å². The Balaban J connectivity index is 2.28. The summed E-state index contributed by atoms with van der Waals surface area (Å²) in [6, 6.07) is 0. The SMILES string of the molecule is CC(=O)OC1CCCC(C)CCC1. The lowest BCUT2D eigenvalue weighted by atomic mass is 9.91. The Bertz CT molecular complexity index is 155. The molecule has 0 saturated heterocycles. The van der Waals surface area contributed by atoms with E-state index in [1.54, 1.807) is 0 Å². The Morgan fingerprint density at radius 1 is 1.15 bits per heavy atom. The van der Waals surface area contributed by atoms with E-state index >= 15 is 0 Å². The second kappa shape index (κ2) is 5.25. The minimum absolute atomic E-state index is 0.126. The van der Waals surface area contributed by atoms with Crippen LogP contribution >= 0.6 is 0 Å². The monoisotopic (exact) mass is 184 g/mol. The maximum Gasteiger partial charge on any atom is 0.302 e. The largest absolute Gasteiger partial charge is 0.463 e. The van der Waals surface area contributed by atoms with Crippen LogP contribution in [-0.2, 0) is 9.53 Å². The number of hydrogen-bond donors (Lipinski definition) is 0. The fourth-order valence-corrected chi connectivity index (χ4v) is 2.03. The molecular formula is C11H20O2. The van der Waals surface area contributed by atoms with Crippen LogP contribution in [-0.4, -0.2) is 12.1 Å². The molecule has 0 aromatic heterocycles. The summed E-state index contributed by atoms with van der Waals surface area (Å²) in [5.74, 6) is 0.733. The van der Waals surface area contributed by atoms with Gasteiger partial charge in [-0.15, -0.1) is 0 Å². The quantitative estimate of drug-likeness (QED) is 0.586. The number of ether oxygens (including phenoxy) is 1. The minimum atomic E-state index is -0.126. The molecule has 76 valence electrons. The third-order valence-corrected chi connectivity index (χ3v) is 2.78. The van der Waals surface area contributed by atoms with Crippen LogP contribution in [0.1, 0.15) is 52.4 Å². The van der Waals surface area contributed by atoms with Crippen LogP contribution in [0.4, 0.5) is 0 Å². The highest BCUT2D eigenvalue weighted by Crippen LogP contribution is 2.23. The zero-order valence-corrected chi connectivity index (χ0v) is 8.71. The predicted molar refractivity (Wildman–Crippen MR) is 52.4 cm³/mol. The van der Waals surface area contributed by atoms with E-state index in [1.165, 1.54) is 32.6 Å². The first-order valence-corrected chi connectivity index (χ1v) is 5.35. The van der Waals surface area contributed by atoms with Crippen molar-refractivity contribution in [3.05, 3.63) is 0 Å². The van der Waals surface area contributed by atoms with Crippen molar-refractivity contribution >= 4 is 5.97 Å². The summed E-state index contributed by atoms with van der Waals surface area (Å²) >= 11 is 0. The topological polar surface area (TPSA) is 26.3 Å². The van der Waals surface area contributed by atoms with Gasteiger partial charge in [-0.2, -0.15) is 0 Å². The van der Waals surface area contributed by atoms with Gasteiger partial charge >= 0.3 is 5.97 Å². The van der Waals surface area contributed by atoms with Crippen LogP contribution < -0.4 is 0 Å². The molecule has 1 aliphatic rings. The van der Waals surface area contributed by atoms with Crippen molar-refractivity contribution in [2.45, 2.75) is 58.5 Å². The maximum atomic E-state index is 10.8. The van der Waals surface area contributed by atoms with Crippen LogP contribution in [0.25, 0.3) is 0 Å². The van der Waals surface area contributed by atoms with E-state index < -0.39 is 0 Å². The molecule has 0 atom stereocenters. The summed E-state index contributed by atoms with van der Waals surface area (Å²) in [7, 11) is 0. The van der Waals surface area contributed by atoms with Crippen LogP contribution in [0.3, 0.4) is 0 Å². The van der Waals surface area contributed by atoms with Crippen molar-refractivity contribution in [2.24, 2.45) is 5.92 Å². The molecule has 1 saturated carbocycles. The van der Waals surface area contributed by atoms with Crippen molar-refractivity contribution in [1.29, 1.82) is 0 Å². The summed E-state index contributed by atoms with van der Waals surface area (Å²) in [6.45, 7) is 3.81. The molecule has 13 heavy (non-hydrogen) atoms. The third-order valence-electron chi connectivity index (χ3n) is 2.78. The Morgan fingerprint density at radius 2 is 1.69 bits per heavy atom. The van der Waals surface area contributed by atoms with Gasteiger partial charge in [0.2, 0.25) is 0 Å². The summed E-state index contributed by atoms with van der Waals surface area (Å²) in [5.41, 5.74) is 0. The van der Waals surface area contributed by atoms with Crippen LogP contribution in [0, 0.1) is 5.92 Å². The molecular weight excluding hydrogens is 164 g/mol. The van der Waals surface area contributed by atoms with Gasteiger partial charge in [-0.1, -0.05) is 19.8 Å². The average molecular weight is 184 g/mol. The second-order valence-electron chi connectivity index (χ2n) is 4.20. The van der Waals surface area contributed by atoms with Crippen LogP contribution in [0.2, 0.25) is 0 Å². The van der Waals surface area contributed by atoms with E-state index in [-0.39, 0.29) is 12.1 Å². The van der Waals surface area contributed by atoms with Gasteiger partial charge in [-0.25, -0.2) is 0 Å². The highest BCUT2D eigenvalue weighted by Gasteiger charge is 2.16. The molecule has 0 aliphatic heterocycles. The van der Waals surface area contributed by atoms with Gasteiger partial charge in [0.05, 0.1) is 0 Å². The highest BCUT2D eigenvalue weighted by atomic mass is 16.5. The van der Waals surface area contributed by atoms with E-state index in [4.69, 9.17) is 4.74 Å². The molecule has 0 aromatic carbocycles. The fourth-order valence-electron chi connectivity index (χ4n) is 2.03. The first kappa shape index (κ1) is 10.6. The number of rotatable bonds is 1. The van der Waals surface area contributed by atoms with Gasteiger partial charge in [0.25, 0.3) is 0 Å². The fraction of sp³-hybridized carbons (Fsp3) is 0.909. The van der Waals surface area contributed by atoms with E-state index in [9.17, 15) is 4.79 Å². The van der Waals surface area contributed by atoms with Crippen LogP contribution in [0.15, 0.2) is 0 Å². The van der Waals surface area contributed by atoms with Crippen molar-refractivity contribution in [2.75, 3.05) is 0 Å². The summed E-state index contributed by atoms with van der Waals surface area (Å²) in [5, 5.41) is 0. The van der Waals surface area contributed by atoms with E-state index in [1.807, 2.05) is 0 Å². The molecule has 1 fully saturated rings. The number of hydrogen-bond acceptors (Lipinski definition) is 2. The van der Waals surface area contributed by atoms with Gasteiger partial charge in [-0.3, -0.25) is 4.79 Å². The van der Waals surface area contributed by atoms with Gasteiger partial charge in [0, 0.05) is 6.92 Å². The molecule has 2 nitrogen and oxygen atoms in total. The van der Waals surface area contributed by atoms with Crippen molar-refractivity contribution in [3.63, 3.8) is 0 Å². The molecule has 0 aromatic rings. The molecule has 1 rings (SSSR count).